The Morgan fingerprint density at radius 1 is 0.812 bits per heavy atom. The number of carbonyl (C=O) groups excluding carboxylic acids is 4. The summed E-state index contributed by atoms with van der Waals surface area (Å²) >= 11 is 0. The molecule has 0 aliphatic carbocycles. The van der Waals surface area contributed by atoms with Gasteiger partial charge in [-0.1, -0.05) is 33.6 Å². The number of ether oxygens (including phenoxy) is 2. The topological polar surface area (TPSA) is 175 Å². The molecular formula is C34H42N8O6. The lowest BCUT2D eigenvalue weighted by molar-refractivity contribution is -0.136. The Balaban J connectivity index is 1.39. The molecule has 14 heteroatoms. The van der Waals surface area contributed by atoms with Gasteiger partial charge in [-0.2, -0.15) is 0 Å². The van der Waals surface area contributed by atoms with Gasteiger partial charge in [0.2, 0.25) is 11.8 Å². The Hall–Kier alpha value is -5.42. The molecule has 14 nitrogen and oxygen atoms in total. The molecule has 254 valence electrons. The summed E-state index contributed by atoms with van der Waals surface area (Å²) < 4.78 is 9.32. The molecule has 0 radical (unpaired) electrons. The van der Waals surface area contributed by atoms with E-state index in [9.17, 15) is 19.2 Å². The van der Waals surface area contributed by atoms with Crippen LogP contribution < -0.4 is 10.6 Å². The van der Waals surface area contributed by atoms with Crippen LogP contribution in [0.3, 0.4) is 0 Å². The number of aromatic amines is 2. The Labute approximate surface area is 280 Å². The van der Waals surface area contributed by atoms with E-state index < -0.39 is 24.1 Å². The zero-order valence-electron chi connectivity index (χ0n) is 28.1. The predicted octanol–water partition coefficient (Wildman–Crippen LogP) is 3.35. The van der Waals surface area contributed by atoms with Crippen LogP contribution in [-0.4, -0.2) is 87.1 Å². The molecule has 2 aliphatic rings. The van der Waals surface area contributed by atoms with Crippen LogP contribution in [0.5, 0.6) is 0 Å². The van der Waals surface area contributed by atoms with Gasteiger partial charge >= 0.3 is 12.2 Å². The summed E-state index contributed by atoms with van der Waals surface area (Å²) in [5.41, 5.74) is 0.540. The standard InChI is InChI=1S/C34H42N8O6/c1-21(2)24(31(43)41-17-11-16-26(41)30-36-20-27(38-30)39-33(45)47-5)14-10-8-7-9-13-23-19-35-29(37-23)25-15-12-18-42(25)32(44)28(22(3)4)40-34(46)48-6/h19-22,24-26,28H,11-12,15-18H2,1-6H3,(H,35,37)(H,36,38)(H,39,45)(H,40,46)/t24-,25?,26+,28?/m1/s1. The number of amides is 4. The number of imidazole rings is 2. The fourth-order valence-corrected chi connectivity index (χ4v) is 5.77. The Morgan fingerprint density at radius 3 is 2.04 bits per heavy atom. The Morgan fingerprint density at radius 2 is 1.42 bits per heavy atom. The maximum Gasteiger partial charge on any atom is 0.412 e. The van der Waals surface area contributed by atoms with E-state index in [1.807, 2.05) is 27.7 Å². The first-order chi connectivity index (χ1) is 23.0. The highest BCUT2D eigenvalue weighted by molar-refractivity contribution is 5.86. The molecule has 2 unspecified atom stereocenters. The van der Waals surface area contributed by atoms with E-state index in [1.54, 1.807) is 16.0 Å². The van der Waals surface area contributed by atoms with Gasteiger partial charge in [0.25, 0.3) is 0 Å². The quantitative estimate of drug-likeness (QED) is 0.313. The lowest BCUT2D eigenvalue weighted by Crippen LogP contribution is -2.51. The molecule has 48 heavy (non-hydrogen) atoms. The molecule has 4 N–H and O–H groups in total. The van der Waals surface area contributed by atoms with Gasteiger partial charge < -0.3 is 34.6 Å². The molecule has 2 aliphatic heterocycles. The van der Waals surface area contributed by atoms with Crippen molar-refractivity contribution < 1.29 is 28.7 Å². The van der Waals surface area contributed by atoms with Crippen LogP contribution in [0.4, 0.5) is 15.4 Å². The van der Waals surface area contributed by atoms with E-state index in [0.29, 0.717) is 36.3 Å². The number of rotatable bonds is 8. The molecule has 0 spiro atoms. The molecule has 2 aromatic rings. The Kier molecular flexibility index (Phi) is 12.1. The average molecular weight is 659 g/mol. The number of nitrogens with zero attached hydrogens (tertiary/aromatic N) is 4. The minimum atomic E-state index is -0.716. The van der Waals surface area contributed by atoms with Gasteiger partial charge in [0.1, 0.15) is 35.1 Å². The van der Waals surface area contributed by atoms with Crippen molar-refractivity contribution >= 4 is 29.8 Å². The molecule has 4 atom stereocenters. The maximum atomic E-state index is 13.6. The van der Waals surface area contributed by atoms with Gasteiger partial charge in [-0.25, -0.2) is 19.6 Å². The van der Waals surface area contributed by atoms with Gasteiger partial charge in [0, 0.05) is 13.1 Å². The second-order valence-corrected chi connectivity index (χ2v) is 12.2. The summed E-state index contributed by atoms with van der Waals surface area (Å²) in [4.78, 5) is 68.8. The molecule has 4 heterocycles. The summed E-state index contributed by atoms with van der Waals surface area (Å²) in [5, 5.41) is 5.19. The summed E-state index contributed by atoms with van der Waals surface area (Å²) in [6.07, 6.45) is 4.91. The number of likely N-dealkylation sites (tertiary alicyclic amines) is 2. The molecule has 0 saturated carbocycles. The molecular weight excluding hydrogens is 616 g/mol. The molecule has 2 saturated heterocycles. The number of carbonyl (C=O) groups is 4. The summed E-state index contributed by atoms with van der Waals surface area (Å²) in [7, 11) is 2.54. The lowest BCUT2D eigenvalue weighted by atomic mass is 9.94. The third-order valence-corrected chi connectivity index (χ3v) is 8.25. The van der Waals surface area contributed by atoms with Gasteiger partial charge in [-0.15, -0.1) is 0 Å². The Bertz CT molecular complexity index is 1680. The molecule has 0 bridgehead atoms. The van der Waals surface area contributed by atoms with Gasteiger partial charge in [0.05, 0.1) is 38.7 Å². The van der Waals surface area contributed by atoms with Gasteiger partial charge in [-0.3, -0.25) is 14.9 Å². The van der Waals surface area contributed by atoms with Crippen LogP contribution in [0.25, 0.3) is 0 Å². The molecule has 0 aromatic carbocycles. The SMILES string of the molecule is COC(=O)Nc1cnc([C@@H]2CCCN2C(=O)[C@H](C#CC#CC#Cc2cnc(C3CCCN3C(=O)C(NC(=O)OC)C(C)C)[nH]2)C(C)C)[nH]1. The van der Waals surface area contributed by atoms with Gasteiger partial charge in [0.15, 0.2) is 0 Å². The third kappa shape index (κ3) is 8.68. The van der Waals surface area contributed by atoms with Gasteiger partial charge in [-0.05, 0) is 67.1 Å². The fourth-order valence-electron chi connectivity index (χ4n) is 5.77. The number of methoxy groups -OCH3 is 2. The van der Waals surface area contributed by atoms with Crippen molar-refractivity contribution in [2.75, 3.05) is 32.6 Å². The van der Waals surface area contributed by atoms with Crippen LogP contribution in [-0.2, 0) is 19.1 Å². The number of alkyl carbamates (subject to hydrolysis) is 1. The number of H-pyrrole nitrogens is 2. The predicted molar refractivity (Wildman–Crippen MR) is 176 cm³/mol. The smallest absolute Gasteiger partial charge is 0.412 e. The normalized spacial score (nSPS) is 18.1. The second-order valence-electron chi connectivity index (χ2n) is 12.2. The monoisotopic (exact) mass is 658 g/mol. The number of hydrogen-bond donors (Lipinski definition) is 4. The average Bonchev–Trinajstić information content (AvgIpc) is 3.88. The summed E-state index contributed by atoms with van der Waals surface area (Å²) in [6, 6.07) is -1.24. The van der Waals surface area contributed by atoms with E-state index in [2.05, 4.69) is 70.8 Å². The molecule has 2 aromatic heterocycles. The van der Waals surface area contributed by atoms with E-state index in [0.717, 1.165) is 25.7 Å². The van der Waals surface area contributed by atoms with Crippen molar-refractivity contribution in [1.82, 2.24) is 35.1 Å². The van der Waals surface area contributed by atoms with Crippen molar-refractivity contribution in [2.24, 2.45) is 17.8 Å². The highest BCUT2D eigenvalue weighted by atomic mass is 16.5. The van der Waals surface area contributed by atoms with Crippen molar-refractivity contribution in [3.05, 3.63) is 29.7 Å². The van der Waals surface area contributed by atoms with Crippen LogP contribution in [0.15, 0.2) is 12.4 Å². The first-order valence-electron chi connectivity index (χ1n) is 16.0. The molecule has 2 fully saturated rings. The first-order valence-corrected chi connectivity index (χ1v) is 16.0. The van der Waals surface area contributed by atoms with Crippen molar-refractivity contribution in [3.63, 3.8) is 0 Å². The first kappa shape index (κ1) is 35.4. The van der Waals surface area contributed by atoms with E-state index in [4.69, 9.17) is 4.74 Å². The third-order valence-electron chi connectivity index (χ3n) is 8.25. The second kappa shape index (κ2) is 16.4. The van der Waals surface area contributed by atoms with Crippen molar-refractivity contribution in [3.8, 4) is 35.5 Å². The minimum absolute atomic E-state index is 0.0511. The number of nitrogens with one attached hydrogen (secondary N) is 4. The van der Waals surface area contributed by atoms with E-state index in [-0.39, 0.29) is 35.7 Å². The van der Waals surface area contributed by atoms with Crippen LogP contribution in [0, 0.1) is 53.3 Å². The van der Waals surface area contributed by atoms with Crippen LogP contribution in [0.2, 0.25) is 0 Å². The summed E-state index contributed by atoms with van der Waals surface area (Å²) in [6.45, 7) is 8.74. The summed E-state index contributed by atoms with van der Waals surface area (Å²) in [5.74, 6) is 17.5. The molecule has 4 amide bonds. The lowest BCUT2D eigenvalue weighted by Gasteiger charge is -2.29. The minimum Gasteiger partial charge on any atom is -0.453 e. The zero-order chi connectivity index (χ0) is 34.8. The van der Waals surface area contributed by atoms with Crippen molar-refractivity contribution in [1.29, 1.82) is 0 Å². The number of hydrogen-bond acceptors (Lipinski definition) is 8. The molecule has 4 rings (SSSR count). The highest BCUT2D eigenvalue weighted by Crippen LogP contribution is 2.33. The van der Waals surface area contributed by atoms with Crippen molar-refractivity contribution in [2.45, 2.75) is 71.5 Å². The van der Waals surface area contributed by atoms with E-state index >= 15 is 0 Å². The van der Waals surface area contributed by atoms with E-state index in [1.165, 1.54) is 20.4 Å². The van der Waals surface area contributed by atoms with Crippen LogP contribution in [0.1, 0.15) is 82.8 Å². The highest BCUT2D eigenvalue weighted by Gasteiger charge is 2.38. The zero-order valence-corrected chi connectivity index (χ0v) is 28.1. The number of anilines is 1. The number of aromatic nitrogens is 4. The maximum absolute atomic E-state index is 13.6. The fraction of sp³-hybridized carbons (Fsp3) is 0.529. The largest absolute Gasteiger partial charge is 0.453 e. The van der Waals surface area contributed by atoms with Crippen LogP contribution >= 0.6 is 0 Å².